The number of β-lactam (4-membered cyclic amide) rings is 1. The van der Waals surface area contributed by atoms with Crippen molar-refractivity contribution in [2.24, 2.45) is 5.41 Å². The van der Waals surface area contributed by atoms with Crippen molar-refractivity contribution in [3.05, 3.63) is 78.9 Å². The summed E-state index contributed by atoms with van der Waals surface area (Å²) in [6, 6.07) is 19.8. The van der Waals surface area contributed by atoms with Gasteiger partial charge in [-0.25, -0.2) is 0 Å². The van der Waals surface area contributed by atoms with Crippen LogP contribution in [0.3, 0.4) is 0 Å². The number of hydrogen-bond acceptors (Lipinski definition) is 2. The number of para-hydroxylation sites is 1. The molecule has 0 spiro atoms. The molecule has 3 atom stereocenters. The fraction of sp³-hybridized carbons (Fsp3) is 0.250. The summed E-state index contributed by atoms with van der Waals surface area (Å²) < 4.78 is 5.68. The van der Waals surface area contributed by atoms with Gasteiger partial charge in [0.2, 0.25) is 5.91 Å². The maximum atomic E-state index is 13.2. The summed E-state index contributed by atoms with van der Waals surface area (Å²) in [4.78, 5) is 15.0. The first-order valence-corrected chi connectivity index (χ1v) is 7.85. The molecule has 3 heteroatoms. The van der Waals surface area contributed by atoms with Gasteiger partial charge in [0, 0.05) is 5.69 Å². The van der Waals surface area contributed by atoms with Crippen molar-refractivity contribution in [3.63, 3.8) is 0 Å². The van der Waals surface area contributed by atoms with Gasteiger partial charge in [-0.15, -0.1) is 6.58 Å². The Morgan fingerprint density at radius 3 is 2.22 bits per heavy atom. The SMILES string of the molecule is C=C[C@]1(C2(C)CO2)C(=O)N(c2ccccc2)[C@@H]1c1ccccc1. The lowest BCUT2D eigenvalue weighted by Gasteiger charge is -2.56. The van der Waals surface area contributed by atoms with Gasteiger partial charge in [-0.3, -0.25) is 4.79 Å². The number of amides is 1. The highest BCUT2D eigenvalue weighted by Crippen LogP contribution is 2.63. The summed E-state index contributed by atoms with van der Waals surface area (Å²) in [5.74, 6) is 0.0625. The van der Waals surface area contributed by atoms with Crippen molar-refractivity contribution in [2.75, 3.05) is 11.5 Å². The second-order valence-corrected chi connectivity index (χ2v) is 6.42. The van der Waals surface area contributed by atoms with Crippen LogP contribution >= 0.6 is 0 Å². The lowest BCUT2D eigenvalue weighted by atomic mass is 9.60. The third kappa shape index (κ3) is 1.77. The normalized spacial score (nSPS) is 32.3. The molecule has 2 aromatic rings. The average molecular weight is 305 g/mol. The van der Waals surface area contributed by atoms with Crippen molar-refractivity contribution in [1.29, 1.82) is 0 Å². The van der Waals surface area contributed by atoms with E-state index in [1.54, 1.807) is 6.08 Å². The number of epoxide rings is 1. The highest BCUT2D eigenvalue weighted by atomic mass is 16.6. The molecule has 1 amide bonds. The molecule has 0 radical (unpaired) electrons. The Morgan fingerprint density at radius 2 is 1.70 bits per heavy atom. The lowest BCUT2D eigenvalue weighted by Crippen LogP contribution is -2.68. The Bertz CT molecular complexity index is 752. The molecule has 4 rings (SSSR count). The standard InChI is InChI=1S/C20H19NO2/c1-3-20(19(2)14-23-19)17(15-10-6-4-7-11-15)21(18(20)22)16-12-8-5-9-13-16/h3-13,17H,1,14H2,2H3/t17-,19?,20-/m1/s1. The number of ether oxygens (including phenoxy) is 1. The fourth-order valence-electron chi connectivity index (χ4n) is 3.75. The van der Waals surface area contributed by atoms with Gasteiger partial charge in [0.15, 0.2) is 0 Å². The van der Waals surface area contributed by atoms with Gasteiger partial charge in [-0.1, -0.05) is 54.6 Å². The van der Waals surface area contributed by atoms with Gasteiger partial charge in [-0.2, -0.15) is 0 Å². The van der Waals surface area contributed by atoms with Gasteiger partial charge >= 0.3 is 0 Å². The van der Waals surface area contributed by atoms with Crippen molar-refractivity contribution in [2.45, 2.75) is 18.6 Å². The average Bonchev–Trinajstić information content (AvgIpc) is 3.33. The number of carbonyl (C=O) groups excluding carboxylic acids is 1. The minimum Gasteiger partial charge on any atom is -0.368 e. The lowest BCUT2D eigenvalue weighted by molar-refractivity contribution is -0.141. The number of carbonyl (C=O) groups is 1. The monoisotopic (exact) mass is 305 g/mol. The molecule has 0 N–H and O–H groups in total. The van der Waals surface area contributed by atoms with Gasteiger partial charge in [0.05, 0.1) is 12.6 Å². The van der Waals surface area contributed by atoms with Crippen LogP contribution in [0.15, 0.2) is 73.3 Å². The van der Waals surface area contributed by atoms with Crippen LogP contribution in [0.2, 0.25) is 0 Å². The van der Waals surface area contributed by atoms with Crippen LogP contribution in [0.25, 0.3) is 0 Å². The molecule has 2 aliphatic rings. The minimum atomic E-state index is -0.704. The van der Waals surface area contributed by atoms with E-state index in [2.05, 4.69) is 18.7 Å². The van der Waals surface area contributed by atoms with E-state index in [1.165, 1.54) is 0 Å². The zero-order valence-electron chi connectivity index (χ0n) is 13.1. The van der Waals surface area contributed by atoms with E-state index in [9.17, 15) is 4.79 Å². The highest BCUT2D eigenvalue weighted by molar-refractivity contribution is 6.08. The van der Waals surface area contributed by atoms with E-state index in [0.717, 1.165) is 11.3 Å². The molecule has 0 bridgehead atoms. The fourth-order valence-corrected chi connectivity index (χ4v) is 3.75. The third-order valence-corrected chi connectivity index (χ3v) is 5.19. The van der Waals surface area contributed by atoms with Crippen molar-refractivity contribution in [3.8, 4) is 0 Å². The molecular weight excluding hydrogens is 286 g/mol. The Morgan fingerprint density at radius 1 is 1.13 bits per heavy atom. The minimum absolute atomic E-state index is 0.0625. The first-order valence-electron chi connectivity index (χ1n) is 7.85. The van der Waals surface area contributed by atoms with E-state index < -0.39 is 11.0 Å². The molecule has 0 aliphatic carbocycles. The molecule has 116 valence electrons. The quantitative estimate of drug-likeness (QED) is 0.490. The highest BCUT2D eigenvalue weighted by Gasteiger charge is 2.73. The summed E-state index contributed by atoms with van der Waals surface area (Å²) in [7, 11) is 0. The van der Waals surface area contributed by atoms with Crippen LogP contribution in [0.4, 0.5) is 5.69 Å². The van der Waals surface area contributed by atoms with Crippen LogP contribution in [-0.2, 0) is 9.53 Å². The zero-order valence-corrected chi connectivity index (χ0v) is 13.1. The second-order valence-electron chi connectivity index (χ2n) is 6.42. The summed E-state index contributed by atoms with van der Waals surface area (Å²) in [6.45, 7) is 6.59. The first kappa shape index (κ1) is 14.2. The molecule has 2 saturated heterocycles. The van der Waals surface area contributed by atoms with E-state index in [4.69, 9.17) is 4.74 Å². The van der Waals surface area contributed by atoms with Crippen LogP contribution in [-0.4, -0.2) is 18.1 Å². The molecular formula is C20H19NO2. The number of hydrogen-bond donors (Lipinski definition) is 0. The molecule has 0 aromatic heterocycles. The van der Waals surface area contributed by atoms with E-state index >= 15 is 0 Å². The van der Waals surface area contributed by atoms with Gasteiger partial charge < -0.3 is 9.64 Å². The third-order valence-electron chi connectivity index (χ3n) is 5.19. The Kier molecular flexibility index (Phi) is 2.97. The number of benzene rings is 2. The Hall–Kier alpha value is -2.39. The molecule has 1 unspecified atom stereocenters. The van der Waals surface area contributed by atoms with Crippen molar-refractivity contribution < 1.29 is 9.53 Å². The second kappa shape index (κ2) is 4.80. The maximum Gasteiger partial charge on any atom is 0.243 e. The largest absolute Gasteiger partial charge is 0.368 e. The van der Waals surface area contributed by atoms with E-state index in [0.29, 0.717) is 6.61 Å². The van der Waals surface area contributed by atoms with Crippen LogP contribution in [0.1, 0.15) is 18.5 Å². The predicted molar refractivity (Wildman–Crippen MR) is 90.1 cm³/mol. The molecule has 2 fully saturated rings. The summed E-state index contributed by atoms with van der Waals surface area (Å²) >= 11 is 0. The van der Waals surface area contributed by atoms with Gasteiger partial charge in [0.1, 0.15) is 11.0 Å². The summed E-state index contributed by atoms with van der Waals surface area (Å²) in [5, 5.41) is 0. The van der Waals surface area contributed by atoms with Gasteiger partial charge in [-0.05, 0) is 24.6 Å². The molecule has 23 heavy (non-hydrogen) atoms. The zero-order chi connectivity index (χ0) is 16.1. The maximum absolute atomic E-state index is 13.2. The van der Waals surface area contributed by atoms with Crippen LogP contribution < -0.4 is 4.90 Å². The number of rotatable bonds is 4. The summed E-state index contributed by atoms with van der Waals surface area (Å²) in [5.41, 5.74) is 0.850. The van der Waals surface area contributed by atoms with Crippen molar-refractivity contribution >= 4 is 11.6 Å². The molecule has 3 nitrogen and oxygen atoms in total. The van der Waals surface area contributed by atoms with E-state index in [1.807, 2.05) is 60.4 Å². The molecule has 2 aromatic carbocycles. The van der Waals surface area contributed by atoms with Crippen molar-refractivity contribution in [1.82, 2.24) is 0 Å². The molecule has 2 heterocycles. The Balaban J connectivity index is 1.86. The van der Waals surface area contributed by atoms with Crippen LogP contribution in [0, 0.1) is 5.41 Å². The first-order chi connectivity index (χ1) is 11.1. The molecule has 0 saturated carbocycles. The van der Waals surface area contributed by atoms with Gasteiger partial charge in [0.25, 0.3) is 0 Å². The number of anilines is 1. The topological polar surface area (TPSA) is 32.8 Å². The van der Waals surface area contributed by atoms with Crippen LogP contribution in [0.5, 0.6) is 0 Å². The molecule has 2 aliphatic heterocycles. The smallest absolute Gasteiger partial charge is 0.243 e. The number of nitrogens with zero attached hydrogens (tertiary/aromatic N) is 1. The predicted octanol–water partition coefficient (Wildman–Crippen LogP) is 3.74. The van der Waals surface area contributed by atoms with E-state index in [-0.39, 0.29) is 11.9 Å². The Labute approximate surface area is 136 Å². The summed E-state index contributed by atoms with van der Waals surface area (Å²) in [6.07, 6.45) is 1.79.